The predicted octanol–water partition coefficient (Wildman–Crippen LogP) is 3.82. The molecule has 0 aliphatic carbocycles. The molecule has 0 aromatic carbocycles. The topological polar surface area (TPSA) is 26.0 Å². The summed E-state index contributed by atoms with van der Waals surface area (Å²) in [5.74, 6) is 0. The molecule has 0 bridgehead atoms. The maximum absolute atomic E-state index is 6.10. The number of aryl methyl sites for hydroxylation is 1. The highest BCUT2D eigenvalue weighted by Crippen LogP contribution is 2.25. The van der Waals surface area contributed by atoms with Gasteiger partial charge in [-0.25, -0.2) is 0 Å². The van der Waals surface area contributed by atoms with Crippen molar-refractivity contribution in [3.8, 4) is 0 Å². The van der Waals surface area contributed by atoms with Crippen molar-refractivity contribution in [3.63, 3.8) is 0 Å². The minimum Gasteiger partial charge on any atom is -0.327 e. The Kier molecular flexibility index (Phi) is 4.16. The zero-order valence-corrected chi connectivity index (χ0v) is 11.4. The Bertz CT molecular complexity index is 288. The number of nitrogens with two attached hydrogens (primary N) is 1. The summed E-state index contributed by atoms with van der Waals surface area (Å²) in [5.41, 5.74) is 6.32. The number of hydrogen-bond donors (Lipinski definition) is 1. The molecule has 1 unspecified atom stereocenters. The van der Waals surface area contributed by atoms with Gasteiger partial charge >= 0.3 is 0 Å². The van der Waals surface area contributed by atoms with E-state index in [0.29, 0.717) is 0 Å². The fraction of sp³-hybridized carbons (Fsp3) is 0.636. The third kappa shape index (κ3) is 3.71. The Morgan fingerprint density at radius 3 is 2.57 bits per heavy atom. The first-order valence-electron chi connectivity index (χ1n) is 4.88. The van der Waals surface area contributed by atoms with E-state index >= 15 is 0 Å². The lowest BCUT2D eigenvalue weighted by atomic mass is 9.85. The average molecular weight is 276 g/mol. The summed E-state index contributed by atoms with van der Waals surface area (Å²) in [6.07, 6.45) is 2.16. The summed E-state index contributed by atoms with van der Waals surface area (Å²) in [6.45, 7) is 6.59. The van der Waals surface area contributed by atoms with Crippen LogP contribution in [0, 0.1) is 5.41 Å². The third-order valence-corrected chi connectivity index (χ3v) is 4.19. The van der Waals surface area contributed by atoms with Gasteiger partial charge in [-0.05, 0) is 40.3 Å². The number of rotatable bonds is 3. The number of hydrogen-bond acceptors (Lipinski definition) is 2. The smallest absolute Gasteiger partial charge is 0.0285 e. The molecule has 1 aromatic heterocycles. The quantitative estimate of drug-likeness (QED) is 0.892. The van der Waals surface area contributed by atoms with Crippen LogP contribution in [0.2, 0.25) is 0 Å². The molecule has 0 aliphatic heterocycles. The summed E-state index contributed by atoms with van der Waals surface area (Å²) >= 11 is 5.26. The van der Waals surface area contributed by atoms with Gasteiger partial charge in [0.2, 0.25) is 0 Å². The molecule has 80 valence electrons. The molecule has 0 radical (unpaired) electrons. The van der Waals surface area contributed by atoms with Crippen molar-refractivity contribution < 1.29 is 0 Å². The number of thiophene rings is 1. The minimum atomic E-state index is 0.217. The number of halogens is 1. The largest absolute Gasteiger partial charge is 0.327 e. The molecule has 14 heavy (non-hydrogen) atoms. The lowest BCUT2D eigenvalue weighted by Crippen LogP contribution is -2.35. The van der Waals surface area contributed by atoms with Crippen molar-refractivity contribution in [1.29, 1.82) is 0 Å². The van der Waals surface area contributed by atoms with Gasteiger partial charge in [0.25, 0.3) is 0 Å². The molecule has 0 amide bonds. The second-order valence-electron chi connectivity index (χ2n) is 4.74. The third-order valence-electron chi connectivity index (χ3n) is 2.44. The first kappa shape index (κ1) is 12.2. The van der Waals surface area contributed by atoms with Crippen molar-refractivity contribution in [2.24, 2.45) is 11.1 Å². The first-order valence-corrected chi connectivity index (χ1v) is 6.55. The van der Waals surface area contributed by atoms with Gasteiger partial charge in [0.1, 0.15) is 0 Å². The van der Waals surface area contributed by atoms with E-state index in [1.807, 2.05) is 0 Å². The summed E-state index contributed by atoms with van der Waals surface area (Å²) in [6, 6.07) is 2.46. The van der Waals surface area contributed by atoms with Crippen LogP contribution in [0.5, 0.6) is 0 Å². The Balaban J connectivity index is 2.41. The molecule has 1 rings (SSSR count). The SMILES string of the molecule is CC(C)(C)C(N)CCc1cc(Br)cs1. The van der Waals surface area contributed by atoms with Gasteiger partial charge in [0.15, 0.2) is 0 Å². The molecule has 3 heteroatoms. The van der Waals surface area contributed by atoms with Gasteiger partial charge in [0, 0.05) is 20.8 Å². The van der Waals surface area contributed by atoms with Gasteiger partial charge in [0.05, 0.1) is 0 Å². The Hall–Kier alpha value is 0.140. The summed E-state index contributed by atoms with van der Waals surface area (Å²) in [7, 11) is 0. The van der Waals surface area contributed by atoms with E-state index in [9.17, 15) is 0 Å². The maximum atomic E-state index is 6.10. The molecule has 0 spiro atoms. The second-order valence-corrected chi connectivity index (χ2v) is 6.65. The normalized spacial score (nSPS) is 14.4. The van der Waals surface area contributed by atoms with Crippen molar-refractivity contribution in [3.05, 3.63) is 20.8 Å². The van der Waals surface area contributed by atoms with Gasteiger partial charge in [-0.3, -0.25) is 0 Å². The standard InChI is InChI=1S/C11H18BrNS/c1-11(2,3)10(13)5-4-9-6-8(12)7-14-9/h6-7,10H,4-5,13H2,1-3H3. The van der Waals surface area contributed by atoms with Crippen LogP contribution in [0.1, 0.15) is 32.1 Å². The van der Waals surface area contributed by atoms with E-state index < -0.39 is 0 Å². The lowest BCUT2D eigenvalue weighted by Gasteiger charge is -2.26. The summed E-state index contributed by atoms with van der Waals surface area (Å²) in [4.78, 5) is 1.41. The van der Waals surface area contributed by atoms with Crippen LogP contribution >= 0.6 is 27.3 Å². The van der Waals surface area contributed by atoms with E-state index in [2.05, 4.69) is 48.1 Å². The van der Waals surface area contributed by atoms with E-state index in [-0.39, 0.29) is 11.5 Å². The predicted molar refractivity (Wildman–Crippen MR) is 67.8 cm³/mol. The molecule has 0 fully saturated rings. The lowest BCUT2D eigenvalue weighted by molar-refractivity contribution is 0.306. The van der Waals surface area contributed by atoms with E-state index in [1.54, 1.807) is 11.3 Å². The van der Waals surface area contributed by atoms with Crippen LogP contribution in [0.15, 0.2) is 15.9 Å². The molecule has 1 heterocycles. The van der Waals surface area contributed by atoms with Crippen molar-refractivity contribution in [2.45, 2.75) is 39.7 Å². The van der Waals surface area contributed by atoms with E-state index in [4.69, 9.17) is 5.73 Å². The molecular formula is C11H18BrNS. The molecule has 1 nitrogen and oxygen atoms in total. The van der Waals surface area contributed by atoms with Gasteiger partial charge < -0.3 is 5.73 Å². The van der Waals surface area contributed by atoms with Crippen molar-refractivity contribution in [2.75, 3.05) is 0 Å². The highest BCUT2D eigenvalue weighted by atomic mass is 79.9. The minimum absolute atomic E-state index is 0.217. The molecule has 0 saturated heterocycles. The monoisotopic (exact) mass is 275 g/mol. The molecule has 0 saturated carbocycles. The fourth-order valence-electron chi connectivity index (χ4n) is 1.22. The molecule has 2 N–H and O–H groups in total. The Labute approximate surface area is 98.8 Å². The first-order chi connectivity index (χ1) is 6.39. The molecule has 0 aliphatic rings. The fourth-order valence-corrected chi connectivity index (χ4v) is 2.69. The van der Waals surface area contributed by atoms with Gasteiger partial charge in [-0.15, -0.1) is 11.3 Å². The average Bonchev–Trinajstić information content (AvgIpc) is 2.45. The molecule has 1 atom stereocenters. The van der Waals surface area contributed by atoms with Crippen LogP contribution in [0.25, 0.3) is 0 Å². The van der Waals surface area contributed by atoms with Gasteiger partial charge in [-0.1, -0.05) is 20.8 Å². The van der Waals surface area contributed by atoms with Gasteiger partial charge in [-0.2, -0.15) is 0 Å². The second kappa shape index (κ2) is 4.77. The zero-order chi connectivity index (χ0) is 10.8. The molecular weight excluding hydrogens is 258 g/mol. The maximum Gasteiger partial charge on any atom is 0.0285 e. The van der Waals surface area contributed by atoms with Crippen molar-refractivity contribution >= 4 is 27.3 Å². The van der Waals surface area contributed by atoms with E-state index in [0.717, 1.165) is 12.8 Å². The van der Waals surface area contributed by atoms with E-state index in [1.165, 1.54) is 9.35 Å². The highest BCUT2D eigenvalue weighted by Gasteiger charge is 2.20. The highest BCUT2D eigenvalue weighted by molar-refractivity contribution is 9.10. The van der Waals surface area contributed by atoms with Crippen LogP contribution in [0.4, 0.5) is 0 Å². The summed E-state index contributed by atoms with van der Waals surface area (Å²) < 4.78 is 1.18. The molecule has 1 aromatic rings. The van der Waals surface area contributed by atoms with Crippen molar-refractivity contribution in [1.82, 2.24) is 0 Å². The van der Waals surface area contributed by atoms with Crippen LogP contribution < -0.4 is 5.73 Å². The zero-order valence-electron chi connectivity index (χ0n) is 9.01. The Morgan fingerprint density at radius 2 is 2.14 bits per heavy atom. The van der Waals surface area contributed by atoms with Crippen LogP contribution in [-0.2, 0) is 6.42 Å². The Morgan fingerprint density at radius 1 is 1.50 bits per heavy atom. The van der Waals surface area contributed by atoms with Crippen LogP contribution in [-0.4, -0.2) is 6.04 Å². The summed E-state index contributed by atoms with van der Waals surface area (Å²) in [5, 5.41) is 2.12. The van der Waals surface area contributed by atoms with Crippen LogP contribution in [0.3, 0.4) is 0 Å².